The van der Waals surface area contributed by atoms with Crippen LogP contribution in [-0.2, 0) is 16.3 Å². The number of carbonyl (C=O) groups excluding carboxylic acids is 1. The molecule has 0 bridgehead atoms. The number of fused-ring (bicyclic) bond motifs is 1. The van der Waals surface area contributed by atoms with Crippen molar-refractivity contribution in [1.29, 1.82) is 0 Å². The third kappa shape index (κ3) is 3.47. The van der Waals surface area contributed by atoms with Gasteiger partial charge in [-0.2, -0.15) is 16.9 Å². The van der Waals surface area contributed by atoms with Crippen molar-refractivity contribution in [2.75, 3.05) is 5.32 Å². The highest BCUT2D eigenvalue weighted by Gasteiger charge is 2.27. The fourth-order valence-corrected chi connectivity index (χ4v) is 4.86. The number of nitrogens with one attached hydrogen (secondary N) is 1. The highest BCUT2D eigenvalue weighted by Crippen LogP contribution is 2.37. The molecule has 0 saturated carbocycles. The number of nitrogens with zero attached hydrogens (tertiary/aromatic N) is 2. The molecule has 28 heavy (non-hydrogen) atoms. The number of hydrogen-bond donors (Lipinski definition) is 1. The highest BCUT2D eigenvalue weighted by atomic mass is 32.2. The molecule has 2 aromatic carbocycles. The number of carbonyl (C=O) groups is 1. The molecule has 0 unspecified atom stereocenters. The number of benzene rings is 2. The number of amides is 1. The van der Waals surface area contributed by atoms with Gasteiger partial charge >= 0.3 is 0 Å². The summed E-state index contributed by atoms with van der Waals surface area (Å²) in [7, 11) is 0. The van der Waals surface area contributed by atoms with E-state index in [1.165, 1.54) is 5.56 Å². The summed E-state index contributed by atoms with van der Waals surface area (Å²) in [4.78, 5) is 13.2. The van der Waals surface area contributed by atoms with Crippen LogP contribution in [0.3, 0.4) is 0 Å². The Kier molecular flexibility index (Phi) is 5.27. The van der Waals surface area contributed by atoms with Gasteiger partial charge in [0.2, 0.25) is 5.91 Å². The fraction of sp³-hybridized carbons (Fsp3) is 0.304. The zero-order valence-corrected chi connectivity index (χ0v) is 17.3. The van der Waals surface area contributed by atoms with Gasteiger partial charge in [0.1, 0.15) is 5.82 Å². The number of anilines is 1. The van der Waals surface area contributed by atoms with E-state index in [1.807, 2.05) is 46.8 Å². The maximum absolute atomic E-state index is 13.2. The molecule has 0 saturated heterocycles. The van der Waals surface area contributed by atoms with Crippen LogP contribution in [0.2, 0.25) is 0 Å². The van der Waals surface area contributed by atoms with Gasteiger partial charge in [-0.3, -0.25) is 4.79 Å². The average molecular weight is 392 g/mol. The molecule has 0 aliphatic carbocycles. The first-order valence-corrected chi connectivity index (χ1v) is 10.9. The second-order valence-corrected chi connectivity index (χ2v) is 8.31. The molecule has 1 atom stereocenters. The van der Waals surface area contributed by atoms with E-state index in [-0.39, 0.29) is 11.8 Å². The van der Waals surface area contributed by atoms with E-state index in [0.29, 0.717) is 0 Å². The van der Waals surface area contributed by atoms with Crippen molar-refractivity contribution in [2.45, 2.75) is 44.6 Å². The van der Waals surface area contributed by atoms with E-state index in [9.17, 15) is 4.79 Å². The van der Waals surface area contributed by atoms with Crippen LogP contribution in [0.15, 0.2) is 48.5 Å². The lowest BCUT2D eigenvalue weighted by molar-refractivity contribution is -0.117. The van der Waals surface area contributed by atoms with Crippen LogP contribution < -0.4 is 5.32 Å². The molecule has 2 heterocycles. The van der Waals surface area contributed by atoms with Crippen LogP contribution in [0.25, 0.3) is 5.69 Å². The minimum atomic E-state index is -0.173. The zero-order chi connectivity index (χ0) is 19.7. The van der Waals surface area contributed by atoms with Crippen LogP contribution >= 0.6 is 11.8 Å². The molecule has 144 valence electrons. The van der Waals surface area contributed by atoms with Gasteiger partial charge in [0.15, 0.2) is 0 Å². The van der Waals surface area contributed by atoms with Gasteiger partial charge in [-0.1, -0.05) is 55.0 Å². The van der Waals surface area contributed by atoms with Gasteiger partial charge in [-0.05, 0) is 37.5 Å². The Morgan fingerprint density at radius 1 is 1.18 bits per heavy atom. The first-order valence-electron chi connectivity index (χ1n) is 9.70. The molecule has 1 aromatic heterocycles. The Morgan fingerprint density at radius 2 is 1.96 bits per heavy atom. The van der Waals surface area contributed by atoms with Crippen LogP contribution in [0.5, 0.6) is 0 Å². The van der Waals surface area contributed by atoms with Crippen molar-refractivity contribution in [3.8, 4) is 5.69 Å². The third-order valence-electron chi connectivity index (χ3n) is 5.30. The number of hydrogen-bond acceptors (Lipinski definition) is 3. The highest BCUT2D eigenvalue weighted by molar-refractivity contribution is 7.98. The zero-order valence-electron chi connectivity index (χ0n) is 16.5. The van der Waals surface area contributed by atoms with Crippen LogP contribution in [-0.4, -0.2) is 15.7 Å². The standard InChI is InChI=1S/C23H25N3OS/c1-4-18(17-8-6-5-7-9-17)23(27)24-22-19-13-28-14-20(19)25-26(22)21-11-10-15(2)12-16(21)3/h5-12,18H,4,13-14H2,1-3H3,(H,24,27)/t18-/m1/s1. The SMILES string of the molecule is CC[C@@H](C(=O)Nc1c2c(nn1-c1ccc(C)cc1C)CSC2)c1ccccc1. The van der Waals surface area contributed by atoms with Crippen molar-refractivity contribution in [3.63, 3.8) is 0 Å². The average Bonchev–Trinajstić information content (AvgIpc) is 3.26. The molecule has 3 aromatic rings. The van der Waals surface area contributed by atoms with Gasteiger partial charge in [0, 0.05) is 17.1 Å². The summed E-state index contributed by atoms with van der Waals surface area (Å²) in [6.07, 6.45) is 0.754. The molecule has 1 amide bonds. The molecule has 5 heteroatoms. The summed E-state index contributed by atoms with van der Waals surface area (Å²) in [6.45, 7) is 6.23. The Bertz CT molecular complexity index is 1010. The number of aryl methyl sites for hydroxylation is 2. The summed E-state index contributed by atoms with van der Waals surface area (Å²) in [5.74, 6) is 2.46. The Hall–Kier alpha value is -2.53. The molecule has 0 fully saturated rings. The topological polar surface area (TPSA) is 46.9 Å². The van der Waals surface area contributed by atoms with E-state index < -0.39 is 0 Å². The van der Waals surface area contributed by atoms with Crippen LogP contribution in [0.4, 0.5) is 5.82 Å². The lowest BCUT2D eigenvalue weighted by Gasteiger charge is -2.18. The number of thioether (sulfide) groups is 1. The van der Waals surface area contributed by atoms with Gasteiger partial charge in [-0.15, -0.1) is 0 Å². The molecule has 4 rings (SSSR count). The molecular weight excluding hydrogens is 366 g/mol. The number of aromatic nitrogens is 2. The first-order chi connectivity index (χ1) is 13.6. The molecule has 0 spiro atoms. The Balaban J connectivity index is 1.72. The van der Waals surface area contributed by atoms with Crippen molar-refractivity contribution >= 4 is 23.5 Å². The van der Waals surface area contributed by atoms with E-state index in [2.05, 4.69) is 44.3 Å². The lowest BCUT2D eigenvalue weighted by Crippen LogP contribution is -2.23. The largest absolute Gasteiger partial charge is 0.310 e. The smallest absolute Gasteiger partial charge is 0.233 e. The Labute approximate surface area is 170 Å². The van der Waals surface area contributed by atoms with Crippen molar-refractivity contribution < 1.29 is 4.79 Å². The maximum atomic E-state index is 13.2. The van der Waals surface area contributed by atoms with E-state index in [0.717, 1.165) is 51.8 Å². The summed E-state index contributed by atoms with van der Waals surface area (Å²) >= 11 is 1.84. The summed E-state index contributed by atoms with van der Waals surface area (Å²) < 4.78 is 1.93. The molecule has 1 aliphatic heterocycles. The predicted molar refractivity (Wildman–Crippen MR) is 116 cm³/mol. The molecular formula is C23H25N3OS. The predicted octanol–water partition coefficient (Wildman–Crippen LogP) is 5.37. The summed E-state index contributed by atoms with van der Waals surface area (Å²) in [5, 5.41) is 8.07. The van der Waals surface area contributed by atoms with Gasteiger partial charge in [-0.25, -0.2) is 4.68 Å². The minimum Gasteiger partial charge on any atom is -0.310 e. The minimum absolute atomic E-state index is 0.0271. The maximum Gasteiger partial charge on any atom is 0.233 e. The quantitative estimate of drug-likeness (QED) is 0.636. The van der Waals surface area contributed by atoms with E-state index >= 15 is 0 Å². The second-order valence-electron chi connectivity index (χ2n) is 7.33. The first kappa shape index (κ1) is 18.8. The van der Waals surface area contributed by atoms with Gasteiger partial charge < -0.3 is 5.32 Å². The van der Waals surface area contributed by atoms with Gasteiger partial charge in [0.25, 0.3) is 0 Å². The second kappa shape index (κ2) is 7.84. The molecule has 1 N–H and O–H groups in total. The van der Waals surface area contributed by atoms with Crippen LogP contribution in [0.1, 0.15) is 47.2 Å². The lowest BCUT2D eigenvalue weighted by atomic mass is 9.95. The molecule has 0 radical (unpaired) electrons. The van der Waals surface area contributed by atoms with E-state index in [4.69, 9.17) is 5.10 Å². The Morgan fingerprint density at radius 3 is 2.68 bits per heavy atom. The molecule has 1 aliphatic rings. The summed E-state index contributed by atoms with van der Waals surface area (Å²) in [5.41, 5.74) is 6.67. The third-order valence-corrected chi connectivity index (χ3v) is 6.27. The van der Waals surface area contributed by atoms with E-state index in [1.54, 1.807) is 0 Å². The fourth-order valence-electron chi connectivity index (χ4n) is 3.82. The molecule has 4 nitrogen and oxygen atoms in total. The van der Waals surface area contributed by atoms with Crippen molar-refractivity contribution in [2.24, 2.45) is 0 Å². The van der Waals surface area contributed by atoms with Crippen molar-refractivity contribution in [3.05, 3.63) is 76.5 Å². The summed E-state index contributed by atoms with van der Waals surface area (Å²) in [6, 6.07) is 16.3. The number of rotatable bonds is 5. The van der Waals surface area contributed by atoms with Crippen molar-refractivity contribution in [1.82, 2.24) is 9.78 Å². The van der Waals surface area contributed by atoms with Crippen LogP contribution in [0, 0.1) is 13.8 Å². The van der Waals surface area contributed by atoms with Gasteiger partial charge in [0.05, 0.1) is 17.3 Å². The normalized spacial score (nSPS) is 14.0. The monoisotopic (exact) mass is 391 g/mol.